The molecule has 0 saturated heterocycles. The van der Waals surface area contributed by atoms with Crippen LogP contribution in [0.25, 0.3) is 22.3 Å². The zero-order valence-corrected chi connectivity index (χ0v) is 18.0. The summed E-state index contributed by atoms with van der Waals surface area (Å²) in [5, 5.41) is 0. The fraction of sp³-hybridized carbons (Fsp3) is 0.111. The fourth-order valence-corrected chi connectivity index (χ4v) is 4.58. The molecule has 0 fully saturated rings. The van der Waals surface area contributed by atoms with Gasteiger partial charge in [0.2, 0.25) is 5.88 Å². The summed E-state index contributed by atoms with van der Waals surface area (Å²) in [6.45, 7) is 0.406. The number of pyridine rings is 1. The maximum absolute atomic E-state index is 14.6. The van der Waals surface area contributed by atoms with Crippen LogP contribution in [0.5, 0.6) is 11.6 Å². The molecule has 7 heteroatoms. The number of aliphatic imine (C=N–C) groups is 1. The van der Waals surface area contributed by atoms with Crippen molar-refractivity contribution in [2.45, 2.75) is 5.54 Å². The van der Waals surface area contributed by atoms with Crippen molar-refractivity contribution in [1.29, 1.82) is 0 Å². The Hall–Kier alpha value is -4.10. The van der Waals surface area contributed by atoms with Gasteiger partial charge in [-0.3, -0.25) is 4.99 Å². The first-order valence-corrected chi connectivity index (χ1v) is 10.8. The maximum atomic E-state index is 14.6. The van der Waals surface area contributed by atoms with E-state index in [2.05, 4.69) is 4.98 Å². The predicted octanol–water partition coefficient (Wildman–Crippen LogP) is 5.43. The summed E-state index contributed by atoms with van der Waals surface area (Å²) < 4.78 is 40.5. The van der Waals surface area contributed by atoms with E-state index < -0.39 is 17.2 Å². The third-order valence-electron chi connectivity index (χ3n) is 6.17. The number of fused-ring (bicyclic) bond motifs is 4. The molecule has 0 aliphatic carbocycles. The number of nitrogens with two attached hydrogens (primary N) is 1. The van der Waals surface area contributed by atoms with Crippen LogP contribution < -0.4 is 10.5 Å². The van der Waals surface area contributed by atoms with E-state index in [4.69, 9.17) is 20.2 Å². The largest absolute Gasteiger partial charge is 0.438 e. The second kappa shape index (κ2) is 7.74. The first kappa shape index (κ1) is 20.5. The third kappa shape index (κ3) is 3.24. The summed E-state index contributed by atoms with van der Waals surface area (Å²) in [6, 6.07) is 20.4. The lowest BCUT2D eigenvalue weighted by Crippen LogP contribution is -2.42. The highest BCUT2D eigenvalue weighted by Gasteiger charge is 2.45. The minimum absolute atomic E-state index is 0.147. The number of hydrogen-bond acceptors (Lipinski definition) is 5. The van der Waals surface area contributed by atoms with E-state index in [0.717, 1.165) is 23.3 Å². The average Bonchev–Trinajstić information content (AvgIpc) is 2.86. The first-order chi connectivity index (χ1) is 16.5. The van der Waals surface area contributed by atoms with Crippen molar-refractivity contribution < 1.29 is 18.3 Å². The Kier molecular flexibility index (Phi) is 4.67. The number of halogens is 2. The van der Waals surface area contributed by atoms with E-state index >= 15 is 0 Å². The predicted molar refractivity (Wildman–Crippen MR) is 125 cm³/mol. The van der Waals surface area contributed by atoms with Crippen LogP contribution in [0.2, 0.25) is 0 Å². The minimum Gasteiger partial charge on any atom is -0.438 e. The van der Waals surface area contributed by atoms with Gasteiger partial charge in [-0.15, -0.1) is 0 Å². The molecule has 5 nitrogen and oxygen atoms in total. The van der Waals surface area contributed by atoms with Crippen LogP contribution >= 0.6 is 0 Å². The number of nitrogens with zero attached hydrogens (tertiary/aromatic N) is 2. The van der Waals surface area contributed by atoms with Crippen molar-refractivity contribution >= 4 is 5.84 Å². The van der Waals surface area contributed by atoms with Gasteiger partial charge in [0.25, 0.3) is 0 Å². The van der Waals surface area contributed by atoms with Crippen molar-refractivity contribution in [3.63, 3.8) is 0 Å². The summed E-state index contributed by atoms with van der Waals surface area (Å²) in [6.07, 6.45) is 1.75. The lowest BCUT2D eigenvalue weighted by atomic mass is 9.79. The van der Waals surface area contributed by atoms with Gasteiger partial charge in [-0.1, -0.05) is 36.4 Å². The lowest BCUT2D eigenvalue weighted by molar-refractivity contribution is 0.109. The van der Waals surface area contributed by atoms with Gasteiger partial charge in [-0.2, -0.15) is 0 Å². The molecule has 2 aliphatic heterocycles. The van der Waals surface area contributed by atoms with Gasteiger partial charge in [-0.05, 0) is 47.5 Å². The molecular formula is C27H19F2N3O2. The normalized spacial score (nSPS) is 18.6. The number of aromatic nitrogens is 1. The molecule has 3 heterocycles. The molecule has 0 unspecified atom stereocenters. The van der Waals surface area contributed by atoms with Gasteiger partial charge in [-0.25, -0.2) is 13.8 Å². The zero-order chi connectivity index (χ0) is 23.3. The molecule has 0 bridgehead atoms. The third-order valence-corrected chi connectivity index (χ3v) is 6.17. The second-order valence-corrected chi connectivity index (χ2v) is 8.34. The fourth-order valence-electron chi connectivity index (χ4n) is 4.58. The molecule has 0 amide bonds. The molecule has 0 saturated carbocycles. The summed E-state index contributed by atoms with van der Waals surface area (Å²) in [7, 11) is 0. The van der Waals surface area contributed by atoms with Crippen LogP contribution in [-0.2, 0) is 10.3 Å². The Morgan fingerprint density at radius 1 is 0.853 bits per heavy atom. The van der Waals surface area contributed by atoms with Gasteiger partial charge in [0.15, 0.2) is 0 Å². The van der Waals surface area contributed by atoms with Crippen LogP contribution in [0.4, 0.5) is 8.78 Å². The average molecular weight is 455 g/mol. The van der Waals surface area contributed by atoms with Crippen molar-refractivity contribution in [2.24, 2.45) is 10.7 Å². The molecule has 168 valence electrons. The van der Waals surface area contributed by atoms with Gasteiger partial charge in [0.1, 0.15) is 35.4 Å². The Bertz CT molecular complexity index is 1460. The van der Waals surface area contributed by atoms with Gasteiger partial charge < -0.3 is 15.2 Å². The summed E-state index contributed by atoms with van der Waals surface area (Å²) in [4.78, 5) is 9.42. The quantitative estimate of drug-likeness (QED) is 0.438. The van der Waals surface area contributed by atoms with Crippen LogP contribution in [0.3, 0.4) is 0 Å². The number of ether oxygens (including phenoxy) is 2. The summed E-state index contributed by atoms with van der Waals surface area (Å²) in [5.74, 6) is 0.195. The Labute approximate surface area is 194 Å². The van der Waals surface area contributed by atoms with Crippen molar-refractivity contribution in [3.8, 4) is 33.9 Å². The van der Waals surface area contributed by atoms with Crippen LogP contribution in [0.1, 0.15) is 11.1 Å². The highest BCUT2D eigenvalue weighted by atomic mass is 19.1. The molecule has 6 rings (SSSR count). The van der Waals surface area contributed by atoms with Crippen LogP contribution in [0, 0.1) is 11.6 Å². The SMILES string of the molecule is NC1=N[C@@]2(COC1)c1cc(-c3cc(F)ccc3F)ccc1Oc1ncc(-c3ccccc3)cc12. The number of amidine groups is 1. The minimum atomic E-state index is -1.04. The monoisotopic (exact) mass is 455 g/mol. The van der Waals surface area contributed by atoms with E-state index in [-0.39, 0.29) is 18.8 Å². The second-order valence-electron chi connectivity index (χ2n) is 8.34. The van der Waals surface area contributed by atoms with Crippen molar-refractivity contribution in [1.82, 2.24) is 4.98 Å². The molecule has 0 radical (unpaired) electrons. The molecule has 1 aromatic heterocycles. The van der Waals surface area contributed by atoms with E-state index in [1.165, 1.54) is 6.07 Å². The maximum Gasteiger partial charge on any atom is 0.225 e. The number of rotatable bonds is 2. The number of hydrogen-bond donors (Lipinski definition) is 1. The number of benzene rings is 3. The molecule has 34 heavy (non-hydrogen) atoms. The lowest BCUT2D eigenvalue weighted by Gasteiger charge is -2.39. The summed E-state index contributed by atoms with van der Waals surface area (Å²) >= 11 is 0. The van der Waals surface area contributed by atoms with E-state index in [1.807, 2.05) is 36.4 Å². The van der Waals surface area contributed by atoms with E-state index in [1.54, 1.807) is 24.4 Å². The van der Waals surface area contributed by atoms with Gasteiger partial charge in [0, 0.05) is 28.5 Å². The first-order valence-electron chi connectivity index (χ1n) is 10.8. The highest BCUT2D eigenvalue weighted by molar-refractivity contribution is 5.84. The molecule has 1 spiro atoms. The van der Waals surface area contributed by atoms with E-state index in [0.29, 0.717) is 34.2 Å². The van der Waals surface area contributed by atoms with Crippen molar-refractivity contribution in [3.05, 3.63) is 102 Å². The Balaban J connectivity index is 1.58. The van der Waals surface area contributed by atoms with Gasteiger partial charge >= 0.3 is 0 Å². The molecule has 1 atom stereocenters. The molecular weight excluding hydrogens is 436 g/mol. The standard InChI is InChI=1S/C27H19F2N3O2/c28-19-7-8-23(29)20(12-19)17-6-9-24-21(10-17)27(15-33-14-25(30)32-27)22-11-18(13-31-26(22)34-24)16-4-2-1-3-5-16/h1-13H,14-15H2,(H2,30,32)/t27-/m0/s1. The topological polar surface area (TPSA) is 69.7 Å². The smallest absolute Gasteiger partial charge is 0.225 e. The van der Waals surface area contributed by atoms with Crippen LogP contribution in [-0.4, -0.2) is 24.0 Å². The molecule has 4 aromatic rings. The highest BCUT2D eigenvalue weighted by Crippen LogP contribution is 2.51. The zero-order valence-electron chi connectivity index (χ0n) is 18.0. The van der Waals surface area contributed by atoms with E-state index in [9.17, 15) is 8.78 Å². The molecule has 3 aromatic carbocycles. The Morgan fingerprint density at radius 3 is 2.50 bits per heavy atom. The Morgan fingerprint density at radius 2 is 1.68 bits per heavy atom. The van der Waals surface area contributed by atoms with Crippen LogP contribution in [0.15, 0.2) is 84.0 Å². The van der Waals surface area contributed by atoms with Crippen molar-refractivity contribution in [2.75, 3.05) is 13.2 Å². The molecule has 2 N–H and O–H groups in total. The van der Waals surface area contributed by atoms with Gasteiger partial charge in [0.05, 0.1) is 6.61 Å². The molecule has 2 aliphatic rings. The summed E-state index contributed by atoms with van der Waals surface area (Å²) in [5.41, 5.74) is 8.97.